The molecule has 0 bridgehead atoms. The molecule has 0 spiro atoms. The molecule has 2 amide bonds. The second-order valence-corrected chi connectivity index (χ2v) is 7.38. The van der Waals surface area contributed by atoms with Gasteiger partial charge < -0.3 is 24.4 Å². The van der Waals surface area contributed by atoms with Gasteiger partial charge in [0.15, 0.2) is 17.6 Å². The predicted molar refractivity (Wildman–Crippen MR) is 118 cm³/mol. The fourth-order valence-corrected chi connectivity index (χ4v) is 3.31. The van der Waals surface area contributed by atoms with E-state index in [1.165, 1.54) is 0 Å². The fraction of sp³-hybridized carbons (Fsp3) is 0.391. The Labute approximate surface area is 182 Å². The maximum absolute atomic E-state index is 12.8. The Morgan fingerprint density at radius 1 is 1.10 bits per heavy atom. The molecule has 0 saturated carbocycles. The van der Waals surface area contributed by atoms with Gasteiger partial charge in [-0.25, -0.2) is 0 Å². The second kappa shape index (κ2) is 10.7. The number of rotatable bonds is 9. The fourth-order valence-electron chi connectivity index (χ4n) is 3.31. The molecule has 1 heterocycles. The largest absolute Gasteiger partial charge is 0.497 e. The Hall–Kier alpha value is -3.26. The minimum Gasteiger partial charge on any atom is -0.497 e. The number of para-hydroxylation sites is 2. The summed E-state index contributed by atoms with van der Waals surface area (Å²) in [5.74, 6) is 1.87. The highest BCUT2D eigenvalue weighted by Gasteiger charge is 2.25. The molecule has 1 N–H and O–H groups in total. The number of carbonyl (C=O) groups excluding carboxylic acids is 2. The summed E-state index contributed by atoms with van der Waals surface area (Å²) in [6.45, 7) is 3.52. The number of likely N-dealkylation sites (N-methyl/N-ethyl adjacent to an activating group) is 2. The van der Waals surface area contributed by atoms with Crippen LogP contribution in [0.25, 0.3) is 0 Å². The molecular weight excluding hydrogens is 398 g/mol. The number of methoxy groups -OCH3 is 1. The van der Waals surface area contributed by atoms with Crippen molar-refractivity contribution in [1.29, 1.82) is 0 Å². The Morgan fingerprint density at radius 3 is 2.48 bits per heavy atom. The van der Waals surface area contributed by atoms with Crippen molar-refractivity contribution in [2.75, 3.05) is 52.3 Å². The molecule has 2 aromatic carbocycles. The highest BCUT2D eigenvalue weighted by atomic mass is 16.6. The molecule has 0 aromatic heterocycles. The van der Waals surface area contributed by atoms with Crippen molar-refractivity contribution in [2.45, 2.75) is 13.0 Å². The van der Waals surface area contributed by atoms with E-state index in [4.69, 9.17) is 14.2 Å². The molecule has 0 saturated heterocycles. The van der Waals surface area contributed by atoms with Crippen LogP contribution in [-0.2, 0) is 9.59 Å². The minimum atomic E-state index is -0.234. The zero-order valence-electron chi connectivity index (χ0n) is 18.2. The molecule has 8 heteroatoms. The maximum atomic E-state index is 12.8. The molecule has 0 aliphatic carbocycles. The van der Waals surface area contributed by atoms with Crippen molar-refractivity contribution in [3.8, 4) is 17.2 Å². The molecule has 1 aliphatic rings. The quantitative estimate of drug-likeness (QED) is 0.661. The molecule has 31 heavy (non-hydrogen) atoms. The highest BCUT2D eigenvalue weighted by Crippen LogP contribution is 2.31. The van der Waals surface area contributed by atoms with E-state index in [-0.39, 0.29) is 31.0 Å². The van der Waals surface area contributed by atoms with Crippen molar-refractivity contribution in [3.05, 3.63) is 48.5 Å². The van der Waals surface area contributed by atoms with Crippen LogP contribution >= 0.6 is 0 Å². The Balaban J connectivity index is 1.46. The Kier molecular flexibility index (Phi) is 7.72. The summed E-state index contributed by atoms with van der Waals surface area (Å²) in [7, 11) is 3.33. The minimum absolute atomic E-state index is 0.0651. The number of carbonyl (C=O) groups is 2. The first-order valence-corrected chi connectivity index (χ1v) is 10.3. The third kappa shape index (κ3) is 6.36. The van der Waals surface area contributed by atoms with Gasteiger partial charge in [0.05, 0.1) is 26.7 Å². The van der Waals surface area contributed by atoms with Gasteiger partial charge in [-0.1, -0.05) is 12.1 Å². The van der Waals surface area contributed by atoms with Crippen molar-refractivity contribution >= 4 is 17.5 Å². The first-order chi connectivity index (χ1) is 15.0. The van der Waals surface area contributed by atoms with Gasteiger partial charge in [-0.05, 0) is 50.4 Å². The number of nitrogens with zero attached hydrogens (tertiary/aromatic N) is 2. The summed E-state index contributed by atoms with van der Waals surface area (Å²) in [5, 5.41) is 2.82. The number of hydrogen-bond donors (Lipinski definition) is 1. The topological polar surface area (TPSA) is 80.3 Å². The average Bonchev–Trinajstić information content (AvgIpc) is 2.77. The van der Waals surface area contributed by atoms with Gasteiger partial charge in [0, 0.05) is 12.2 Å². The van der Waals surface area contributed by atoms with Crippen molar-refractivity contribution in [2.24, 2.45) is 0 Å². The lowest BCUT2D eigenvalue weighted by atomic mass is 10.2. The first-order valence-electron chi connectivity index (χ1n) is 10.3. The van der Waals surface area contributed by atoms with Gasteiger partial charge in [0.1, 0.15) is 12.4 Å². The molecule has 0 radical (unpaired) electrons. The van der Waals surface area contributed by atoms with Crippen molar-refractivity contribution < 1.29 is 23.8 Å². The lowest BCUT2D eigenvalue weighted by Crippen LogP contribution is -2.47. The number of nitrogens with one attached hydrogen (secondary N) is 1. The summed E-state index contributed by atoms with van der Waals surface area (Å²) in [4.78, 5) is 28.5. The van der Waals surface area contributed by atoms with Gasteiger partial charge in [0.2, 0.25) is 11.8 Å². The van der Waals surface area contributed by atoms with E-state index in [0.29, 0.717) is 31.1 Å². The van der Waals surface area contributed by atoms with Gasteiger partial charge >= 0.3 is 0 Å². The monoisotopic (exact) mass is 427 g/mol. The summed E-state index contributed by atoms with van der Waals surface area (Å²) in [5.41, 5.74) is 0.676. The van der Waals surface area contributed by atoms with E-state index in [0.717, 1.165) is 11.5 Å². The molecular formula is C23H29N3O5. The van der Waals surface area contributed by atoms with Crippen LogP contribution in [0.2, 0.25) is 0 Å². The first kappa shape index (κ1) is 22.4. The molecule has 166 valence electrons. The molecule has 1 aliphatic heterocycles. The van der Waals surface area contributed by atoms with Crippen LogP contribution < -0.4 is 19.5 Å². The zero-order chi connectivity index (χ0) is 22.2. The van der Waals surface area contributed by atoms with E-state index in [9.17, 15) is 9.59 Å². The van der Waals surface area contributed by atoms with Crippen LogP contribution in [0.1, 0.15) is 6.92 Å². The van der Waals surface area contributed by atoms with E-state index >= 15 is 0 Å². The molecule has 1 atom stereocenters. The SMILES string of the molecule is CCN(C[C@@H]1COc2ccccc2O1)C(=O)CN(C)CC(=O)Nc1ccc(OC)cc1. The second-order valence-electron chi connectivity index (χ2n) is 7.38. The molecule has 3 rings (SSSR count). The molecule has 0 fully saturated rings. The number of anilines is 1. The van der Waals surface area contributed by atoms with Crippen LogP contribution in [0.4, 0.5) is 5.69 Å². The summed E-state index contributed by atoms with van der Waals surface area (Å²) >= 11 is 0. The van der Waals surface area contributed by atoms with Crippen molar-refractivity contribution in [3.63, 3.8) is 0 Å². The van der Waals surface area contributed by atoms with Crippen LogP contribution in [-0.4, -0.2) is 74.7 Å². The number of hydrogen-bond acceptors (Lipinski definition) is 6. The maximum Gasteiger partial charge on any atom is 0.238 e. The lowest BCUT2D eigenvalue weighted by molar-refractivity contribution is -0.133. The normalized spacial score (nSPS) is 14.8. The van der Waals surface area contributed by atoms with Gasteiger partial charge in [0.25, 0.3) is 0 Å². The van der Waals surface area contributed by atoms with Gasteiger partial charge in [-0.3, -0.25) is 14.5 Å². The molecule has 8 nitrogen and oxygen atoms in total. The van der Waals surface area contributed by atoms with Crippen LogP contribution in [0, 0.1) is 0 Å². The third-order valence-corrected chi connectivity index (χ3v) is 4.92. The van der Waals surface area contributed by atoms with E-state index in [1.54, 1.807) is 48.2 Å². The van der Waals surface area contributed by atoms with E-state index < -0.39 is 0 Å². The molecule has 2 aromatic rings. The smallest absolute Gasteiger partial charge is 0.238 e. The number of ether oxygens (including phenoxy) is 3. The average molecular weight is 428 g/mol. The number of benzene rings is 2. The lowest BCUT2D eigenvalue weighted by Gasteiger charge is -2.31. The van der Waals surface area contributed by atoms with Gasteiger partial charge in [-0.15, -0.1) is 0 Å². The van der Waals surface area contributed by atoms with E-state index in [2.05, 4.69) is 5.32 Å². The highest BCUT2D eigenvalue weighted by molar-refractivity contribution is 5.92. The van der Waals surface area contributed by atoms with Crippen LogP contribution in [0.15, 0.2) is 48.5 Å². The Morgan fingerprint density at radius 2 is 1.81 bits per heavy atom. The number of amides is 2. The van der Waals surface area contributed by atoms with Crippen LogP contribution in [0.5, 0.6) is 17.2 Å². The van der Waals surface area contributed by atoms with E-state index in [1.807, 2.05) is 31.2 Å². The molecule has 0 unspecified atom stereocenters. The standard InChI is InChI=1S/C23H29N3O5/c1-4-26(13-19-16-30-20-7-5-6-8-21(20)31-19)23(28)15-25(2)14-22(27)24-17-9-11-18(29-3)12-10-17/h5-12,19H,4,13-16H2,1-3H3,(H,24,27)/t19-/m1/s1. The summed E-state index contributed by atoms with van der Waals surface area (Å²) in [6.07, 6.45) is -0.234. The van der Waals surface area contributed by atoms with Gasteiger partial charge in [-0.2, -0.15) is 0 Å². The predicted octanol–water partition coefficient (Wildman–Crippen LogP) is 2.25. The summed E-state index contributed by atoms with van der Waals surface area (Å²) in [6, 6.07) is 14.6. The summed E-state index contributed by atoms with van der Waals surface area (Å²) < 4.78 is 16.8. The van der Waals surface area contributed by atoms with Crippen molar-refractivity contribution in [1.82, 2.24) is 9.80 Å². The third-order valence-electron chi connectivity index (χ3n) is 4.92. The Bertz CT molecular complexity index is 887. The van der Waals surface area contributed by atoms with Crippen LogP contribution in [0.3, 0.4) is 0 Å². The number of fused-ring (bicyclic) bond motifs is 1. The zero-order valence-corrected chi connectivity index (χ0v) is 18.2.